The maximum absolute atomic E-state index is 6.00. The van der Waals surface area contributed by atoms with E-state index in [0.29, 0.717) is 11.6 Å². The van der Waals surface area contributed by atoms with E-state index in [1.807, 2.05) is 24.4 Å². The van der Waals surface area contributed by atoms with Crippen LogP contribution in [-0.2, 0) is 13.1 Å². The van der Waals surface area contributed by atoms with E-state index in [4.69, 9.17) is 11.6 Å². The summed E-state index contributed by atoms with van der Waals surface area (Å²) >= 11 is 6.00. The molecule has 6 heteroatoms. The van der Waals surface area contributed by atoms with Gasteiger partial charge in [0.05, 0.1) is 17.2 Å². The topological polar surface area (TPSA) is 58.5 Å². The zero-order chi connectivity index (χ0) is 13.2. The van der Waals surface area contributed by atoms with Gasteiger partial charge in [0.25, 0.3) is 0 Å². The molecule has 0 fully saturated rings. The molecule has 0 bridgehead atoms. The van der Waals surface area contributed by atoms with Gasteiger partial charge in [-0.25, -0.2) is 4.98 Å². The summed E-state index contributed by atoms with van der Waals surface area (Å²) in [6.45, 7) is 3.64. The summed E-state index contributed by atoms with van der Waals surface area (Å²) in [4.78, 5) is 4.58. The van der Waals surface area contributed by atoms with Gasteiger partial charge in [0.1, 0.15) is 0 Å². The summed E-state index contributed by atoms with van der Waals surface area (Å²) in [5, 5.41) is 10.7. The fraction of sp³-hybridized carbons (Fsp3) is 0.231. The second kappa shape index (κ2) is 4.93. The van der Waals surface area contributed by atoms with E-state index in [1.54, 1.807) is 6.20 Å². The molecule has 0 atom stereocenters. The number of aromatic amines is 1. The standard InChI is InChI=1S/C13H14ClN5/c1-2-19-12-4-3-10(14)5-11(12)18-13(19)15-6-9-7-16-17-8-9/h3-5,7-8H,2,6H2,1H3,(H,15,18)(H,16,17). The average Bonchev–Trinajstić information content (AvgIpc) is 3.02. The van der Waals surface area contributed by atoms with Gasteiger partial charge < -0.3 is 9.88 Å². The van der Waals surface area contributed by atoms with Crippen molar-refractivity contribution in [2.24, 2.45) is 0 Å². The Morgan fingerprint density at radius 2 is 2.32 bits per heavy atom. The number of benzene rings is 1. The first-order valence-corrected chi connectivity index (χ1v) is 6.53. The van der Waals surface area contributed by atoms with Gasteiger partial charge in [0.2, 0.25) is 5.95 Å². The van der Waals surface area contributed by atoms with Gasteiger partial charge in [-0.15, -0.1) is 0 Å². The Morgan fingerprint density at radius 1 is 1.42 bits per heavy atom. The quantitative estimate of drug-likeness (QED) is 0.769. The Balaban J connectivity index is 1.93. The number of aryl methyl sites for hydroxylation is 1. The average molecular weight is 276 g/mol. The van der Waals surface area contributed by atoms with Crippen LogP contribution in [0.1, 0.15) is 12.5 Å². The number of halogens is 1. The molecule has 0 saturated carbocycles. The predicted octanol–water partition coefficient (Wildman–Crippen LogP) is 3.04. The molecular weight excluding hydrogens is 262 g/mol. The van der Waals surface area contributed by atoms with Crippen molar-refractivity contribution < 1.29 is 0 Å². The molecule has 0 radical (unpaired) electrons. The summed E-state index contributed by atoms with van der Waals surface area (Å²) in [6, 6.07) is 5.76. The molecule has 0 unspecified atom stereocenters. The summed E-state index contributed by atoms with van der Waals surface area (Å²) < 4.78 is 2.13. The number of anilines is 1. The third-order valence-electron chi connectivity index (χ3n) is 3.03. The lowest BCUT2D eigenvalue weighted by atomic mass is 10.3. The molecule has 0 aliphatic carbocycles. The smallest absolute Gasteiger partial charge is 0.204 e. The fourth-order valence-corrected chi connectivity index (χ4v) is 2.28. The molecule has 5 nitrogen and oxygen atoms in total. The van der Waals surface area contributed by atoms with Crippen LogP contribution in [0.4, 0.5) is 5.95 Å². The number of nitrogens with one attached hydrogen (secondary N) is 2. The third kappa shape index (κ3) is 2.29. The van der Waals surface area contributed by atoms with E-state index < -0.39 is 0 Å². The summed E-state index contributed by atoms with van der Waals surface area (Å²) in [5.74, 6) is 0.848. The van der Waals surface area contributed by atoms with Crippen LogP contribution in [0.5, 0.6) is 0 Å². The normalized spacial score (nSPS) is 11.1. The van der Waals surface area contributed by atoms with E-state index in [9.17, 15) is 0 Å². The van der Waals surface area contributed by atoms with Crippen LogP contribution in [0.3, 0.4) is 0 Å². The molecule has 0 aliphatic rings. The first-order chi connectivity index (χ1) is 9.28. The first kappa shape index (κ1) is 12.0. The van der Waals surface area contributed by atoms with Crippen LogP contribution in [-0.4, -0.2) is 19.7 Å². The van der Waals surface area contributed by atoms with Crippen molar-refractivity contribution in [2.45, 2.75) is 20.0 Å². The van der Waals surface area contributed by atoms with Gasteiger partial charge in [0, 0.05) is 29.9 Å². The SMILES string of the molecule is CCn1c(NCc2cn[nH]c2)nc2cc(Cl)ccc21. The van der Waals surface area contributed by atoms with Crippen LogP contribution >= 0.6 is 11.6 Å². The van der Waals surface area contributed by atoms with Gasteiger partial charge >= 0.3 is 0 Å². The van der Waals surface area contributed by atoms with Gasteiger partial charge in [0.15, 0.2) is 0 Å². The molecular formula is C13H14ClN5. The van der Waals surface area contributed by atoms with Crippen LogP contribution in [0.15, 0.2) is 30.6 Å². The minimum atomic E-state index is 0.688. The zero-order valence-corrected chi connectivity index (χ0v) is 11.3. The lowest BCUT2D eigenvalue weighted by Gasteiger charge is -2.07. The summed E-state index contributed by atoms with van der Waals surface area (Å²) in [6.07, 6.45) is 3.66. The molecule has 3 rings (SSSR count). The highest BCUT2D eigenvalue weighted by Crippen LogP contribution is 2.23. The Hall–Kier alpha value is -2.01. The second-order valence-corrected chi connectivity index (χ2v) is 4.71. The number of rotatable bonds is 4. The fourth-order valence-electron chi connectivity index (χ4n) is 2.11. The summed E-state index contributed by atoms with van der Waals surface area (Å²) in [5.41, 5.74) is 3.08. The first-order valence-electron chi connectivity index (χ1n) is 6.15. The highest BCUT2D eigenvalue weighted by atomic mass is 35.5. The van der Waals surface area contributed by atoms with Crippen LogP contribution in [0.25, 0.3) is 11.0 Å². The van der Waals surface area contributed by atoms with Crippen molar-refractivity contribution >= 4 is 28.6 Å². The van der Waals surface area contributed by atoms with Crippen molar-refractivity contribution in [1.82, 2.24) is 19.7 Å². The Bertz CT molecular complexity index is 686. The molecule has 3 aromatic rings. The van der Waals surface area contributed by atoms with Crippen molar-refractivity contribution in [2.75, 3.05) is 5.32 Å². The molecule has 0 amide bonds. The van der Waals surface area contributed by atoms with Gasteiger partial charge in [-0.1, -0.05) is 11.6 Å². The Kier molecular flexibility index (Phi) is 3.13. The number of hydrogen-bond acceptors (Lipinski definition) is 3. The van der Waals surface area contributed by atoms with Crippen LogP contribution < -0.4 is 5.32 Å². The highest BCUT2D eigenvalue weighted by Gasteiger charge is 2.09. The minimum absolute atomic E-state index is 0.688. The van der Waals surface area contributed by atoms with E-state index in [2.05, 4.69) is 32.0 Å². The minimum Gasteiger partial charge on any atom is -0.351 e. The zero-order valence-electron chi connectivity index (χ0n) is 10.5. The molecule has 19 heavy (non-hydrogen) atoms. The van der Waals surface area contributed by atoms with E-state index >= 15 is 0 Å². The number of aromatic nitrogens is 4. The molecule has 2 aromatic heterocycles. The van der Waals surface area contributed by atoms with Crippen molar-refractivity contribution in [3.63, 3.8) is 0 Å². The highest BCUT2D eigenvalue weighted by molar-refractivity contribution is 6.31. The maximum atomic E-state index is 6.00. The molecule has 2 heterocycles. The van der Waals surface area contributed by atoms with E-state index in [0.717, 1.165) is 29.1 Å². The molecule has 0 aliphatic heterocycles. The monoisotopic (exact) mass is 275 g/mol. The number of fused-ring (bicyclic) bond motifs is 1. The molecule has 98 valence electrons. The maximum Gasteiger partial charge on any atom is 0.204 e. The number of hydrogen-bond donors (Lipinski definition) is 2. The summed E-state index contributed by atoms with van der Waals surface area (Å²) in [7, 11) is 0. The predicted molar refractivity (Wildman–Crippen MR) is 76.3 cm³/mol. The number of H-pyrrole nitrogens is 1. The van der Waals surface area contributed by atoms with Crippen LogP contribution in [0.2, 0.25) is 5.02 Å². The molecule has 1 aromatic carbocycles. The largest absolute Gasteiger partial charge is 0.351 e. The third-order valence-corrected chi connectivity index (χ3v) is 3.27. The van der Waals surface area contributed by atoms with Gasteiger partial charge in [-0.3, -0.25) is 5.10 Å². The Labute approximate surface area is 115 Å². The molecule has 0 spiro atoms. The van der Waals surface area contributed by atoms with Crippen molar-refractivity contribution in [1.29, 1.82) is 0 Å². The Morgan fingerprint density at radius 3 is 3.05 bits per heavy atom. The van der Waals surface area contributed by atoms with Crippen LogP contribution in [0, 0.1) is 0 Å². The van der Waals surface area contributed by atoms with E-state index in [-0.39, 0.29) is 0 Å². The van der Waals surface area contributed by atoms with Crippen molar-refractivity contribution in [3.8, 4) is 0 Å². The van der Waals surface area contributed by atoms with Crippen molar-refractivity contribution in [3.05, 3.63) is 41.2 Å². The van der Waals surface area contributed by atoms with Gasteiger partial charge in [-0.05, 0) is 25.1 Å². The second-order valence-electron chi connectivity index (χ2n) is 4.27. The molecule has 0 saturated heterocycles. The van der Waals surface area contributed by atoms with Gasteiger partial charge in [-0.2, -0.15) is 5.10 Å². The lowest BCUT2D eigenvalue weighted by Crippen LogP contribution is -2.06. The number of nitrogens with zero attached hydrogens (tertiary/aromatic N) is 3. The number of imidazole rings is 1. The molecule has 2 N–H and O–H groups in total. The lowest BCUT2D eigenvalue weighted by molar-refractivity contribution is 0.787. The van der Waals surface area contributed by atoms with E-state index in [1.165, 1.54) is 0 Å².